The van der Waals surface area contributed by atoms with Crippen molar-refractivity contribution >= 4 is 22.7 Å². The Morgan fingerprint density at radius 2 is 1.86 bits per heavy atom. The fourth-order valence-electron chi connectivity index (χ4n) is 2.88. The largest absolute Gasteiger partial charge is 0.382 e. The Balaban J connectivity index is 1.92. The number of hydrogen-bond donors (Lipinski definition) is 1. The lowest BCUT2D eigenvalue weighted by atomic mass is 10.0. The fourth-order valence-corrected chi connectivity index (χ4v) is 2.88. The first-order chi connectivity index (χ1) is 10.5. The minimum absolute atomic E-state index is 0.156. The van der Waals surface area contributed by atoms with E-state index in [0.717, 1.165) is 16.3 Å². The number of methoxy groups -OCH3 is 1. The van der Waals surface area contributed by atoms with Gasteiger partial charge in [0.1, 0.15) is 5.54 Å². The molecule has 1 aliphatic heterocycles. The molecule has 0 bridgehead atoms. The highest BCUT2D eigenvalue weighted by Crippen LogP contribution is 2.24. The highest BCUT2D eigenvalue weighted by Gasteiger charge is 2.47. The molecule has 0 aliphatic carbocycles. The van der Waals surface area contributed by atoms with Gasteiger partial charge in [-0.25, -0.2) is 4.79 Å². The lowest BCUT2D eigenvalue weighted by Gasteiger charge is -2.20. The molecular weight excluding hydrogens is 280 g/mol. The van der Waals surface area contributed by atoms with Crippen molar-refractivity contribution in [2.24, 2.45) is 0 Å². The van der Waals surface area contributed by atoms with E-state index in [-0.39, 0.29) is 25.1 Å². The number of carbonyl (C=O) groups is 2. The van der Waals surface area contributed by atoms with E-state index < -0.39 is 5.54 Å². The summed E-state index contributed by atoms with van der Waals surface area (Å²) in [6.45, 7) is 2.09. The zero-order valence-electron chi connectivity index (χ0n) is 12.6. The molecule has 5 nitrogen and oxygen atoms in total. The van der Waals surface area contributed by atoms with E-state index in [2.05, 4.69) is 5.32 Å². The number of benzene rings is 2. The van der Waals surface area contributed by atoms with Crippen LogP contribution in [0.3, 0.4) is 0 Å². The maximum Gasteiger partial charge on any atom is 0.325 e. The van der Waals surface area contributed by atoms with E-state index in [1.807, 2.05) is 42.5 Å². The van der Waals surface area contributed by atoms with E-state index >= 15 is 0 Å². The van der Waals surface area contributed by atoms with Crippen LogP contribution in [0, 0.1) is 0 Å². The van der Waals surface area contributed by atoms with E-state index in [9.17, 15) is 9.59 Å². The topological polar surface area (TPSA) is 58.6 Å². The van der Waals surface area contributed by atoms with Crippen LogP contribution in [-0.4, -0.2) is 36.1 Å². The molecule has 3 amide bonds. The number of fused-ring (bicyclic) bond motifs is 1. The summed E-state index contributed by atoms with van der Waals surface area (Å²) in [6.07, 6.45) is 0. The average molecular weight is 298 g/mol. The second-order valence-corrected chi connectivity index (χ2v) is 5.72. The highest BCUT2D eigenvalue weighted by atomic mass is 16.5. The van der Waals surface area contributed by atoms with E-state index in [4.69, 9.17) is 4.74 Å². The Hall–Kier alpha value is -2.40. The van der Waals surface area contributed by atoms with Crippen molar-refractivity contribution in [2.75, 3.05) is 13.7 Å². The molecule has 0 unspecified atom stereocenters. The number of nitrogens with zero attached hydrogens (tertiary/aromatic N) is 1. The maximum absolute atomic E-state index is 12.5. The summed E-state index contributed by atoms with van der Waals surface area (Å²) >= 11 is 0. The van der Waals surface area contributed by atoms with Gasteiger partial charge in [-0.2, -0.15) is 0 Å². The van der Waals surface area contributed by atoms with Crippen LogP contribution >= 0.6 is 0 Å². The zero-order valence-corrected chi connectivity index (χ0v) is 12.6. The summed E-state index contributed by atoms with van der Waals surface area (Å²) in [5, 5.41) is 4.85. The quantitative estimate of drug-likeness (QED) is 0.881. The van der Waals surface area contributed by atoms with Gasteiger partial charge in [0.2, 0.25) is 0 Å². The van der Waals surface area contributed by atoms with Crippen molar-refractivity contribution < 1.29 is 14.3 Å². The van der Waals surface area contributed by atoms with Crippen LogP contribution in [0.15, 0.2) is 42.5 Å². The van der Waals surface area contributed by atoms with Gasteiger partial charge in [-0.3, -0.25) is 9.69 Å². The number of nitrogens with one attached hydrogen (secondary N) is 1. The summed E-state index contributed by atoms with van der Waals surface area (Å²) in [7, 11) is 1.51. The normalized spacial score (nSPS) is 21.5. The van der Waals surface area contributed by atoms with Crippen molar-refractivity contribution in [1.29, 1.82) is 0 Å². The first-order valence-electron chi connectivity index (χ1n) is 7.15. The molecule has 1 heterocycles. The van der Waals surface area contributed by atoms with Crippen LogP contribution in [0.2, 0.25) is 0 Å². The van der Waals surface area contributed by atoms with Crippen LogP contribution in [-0.2, 0) is 16.1 Å². The first kappa shape index (κ1) is 14.5. The van der Waals surface area contributed by atoms with Crippen LogP contribution < -0.4 is 5.32 Å². The van der Waals surface area contributed by atoms with Gasteiger partial charge in [-0.05, 0) is 23.3 Å². The standard InChI is InChI=1S/C17H18N2O3/c1-17(11-22-2)15(20)19(16(21)18-17)10-13-8-5-7-12-6-3-4-9-14(12)13/h3-9H,10-11H2,1-2H3,(H,18,21)/t17-/m0/s1. The molecule has 2 aromatic carbocycles. The van der Waals surface area contributed by atoms with Crippen LogP contribution in [0.1, 0.15) is 12.5 Å². The van der Waals surface area contributed by atoms with Crippen LogP contribution in [0.25, 0.3) is 10.8 Å². The SMILES string of the molecule is COC[C@]1(C)NC(=O)N(Cc2cccc3ccccc23)C1=O. The zero-order chi connectivity index (χ0) is 15.7. The maximum atomic E-state index is 12.5. The lowest BCUT2D eigenvalue weighted by Crippen LogP contribution is -2.47. The summed E-state index contributed by atoms with van der Waals surface area (Å²) < 4.78 is 5.05. The Labute approximate surface area is 128 Å². The highest BCUT2D eigenvalue weighted by molar-refractivity contribution is 6.07. The van der Waals surface area contributed by atoms with Gasteiger partial charge in [-0.1, -0.05) is 42.5 Å². The molecule has 3 rings (SSSR count). The number of carbonyl (C=O) groups excluding carboxylic acids is 2. The van der Waals surface area contributed by atoms with Gasteiger partial charge < -0.3 is 10.1 Å². The third kappa shape index (κ3) is 2.33. The molecule has 5 heteroatoms. The third-order valence-electron chi connectivity index (χ3n) is 3.99. The Kier molecular flexibility index (Phi) is 3.58. The molecular formula is C17H18N2O3. The van der Waals surface area contributed by atoms with Crippen molar-refractivity contribution in [3.05, 3.63) is 48.0 Å². The van der Waals surface area contributed by atoms with Crippen molar-refractivity contribution in [1.82, 2.24) is 10.2 Å². The molecule has 0 radical (unpaired) electrons. The van der Waals surface area contributed by atoms with Crippen LogP contribution in [0.4, 0.5) is 4.79 Å². The third-order valence-corrected chi connectivity index (χ3v) is 3.99. The van der Waals surface area contributed by atoms with E-state index in [0.29, 0.717) is 0 Å². The first-order valence-corrected chi connectivity index (χ1v) is 7.15. The fraction of sp³-hybridized carbons (Fsp3) is 0.294. The number of amides is 3. The second-order valence-electron chi connectivity index (χ2n) is 5.72. The molecule has 1 atom stereocenters. The molecule has 22 heavy (non-hydrogen) atoms. The number of imide groups is 1. The van der Waals surface area contributed by atoms with Crippen molar-refractivity contribution in [3.63, 3.8) is 0 Å². The Morgan fingerprint density at radius 3 is 2.64 bits per heavy atom. The number of hydrogen-bond acceptors (Lipinski definition) is 3. The van der Waals surface area contributed by atoms with Gasteiger partial charge in [0.25, 0.3) is 5.91 Å². The number of rotatable bonds is 4. The van der Waals surface area contributed by atoms with E-state index in [1.54, 1.807) is 6.92 Å². The Bertz CT molecular complexity index is 738. The molecule has 0 saturated carbocycles. The molecule has 1 aliphatic rings. The second kappa shape index (κ2) is 5.42. The average Bonchev–Trinajstić information content (AvgIpc) is 2.71. The molecule has 1 saturated heterocycles. The predicted molar refractivity (Wildman–Crippen MR) is 83.3 cm³/mol. The molecule has 2 aromatic rings. The van der Waals surface area contributed by atoms with E-state index in [1.165, 1.54) is 12.0 Å². The summed E-state index contributed by atoms with van der Waals surface area (Å²) in [6, 6.07) is 13.4. The predicted octanol–water partition coefficient (Wildman–Crippen LogP) is 2.30. The van der Waals surface area contributed by atoms with Gasteiger partial charge in [0, 0.05) is 7.11 Å². The van der Waals surface area contributed by atoms with Gasteiger partial charge in [0.05, 0.1) is 13.2 Å². The summed E-state index contributed by atoms with van der Waals surface area (Å²) in [5.74, 6) is -0.257. The summed E-state index contributed by atoms with van der Waals surface area (Å²) in [4.78, 5) is 25.9. The Morgan fingerprint density at radius 1 is 1.14 bits per heavy atom. The summed E-state index contributed by atoms with van der Waals surface area (Å²) in [5.41, 5.74) is -0.0422. The number of urea groups is 1. The van der Waals surface area contributed by atoms with Gasteiger partial charge in [-0.15, -0.1) is 0 Å². The van der Waals surface area contributed by atoms with Crippen LogP contribution in [0.5, 0.6) is 0 Å². The number of ether oxygens (including phenoxy) is 1. The van der Waals surface area contributed by atoms with Crippen molar-refractivity contribution in [2.45, 2.75) is 19.0 Å². The minimum Gasteiger partial charge on any atom is -0.382 e. The molecule has 1 N–H and O–H groups in total. The minimum atomic E-state index is -0.990. The molecule has 0 aromatic heterocycles. The molecule has 1 fully saturated rings. The smallest absolute Gasteiger partial charge is 0.325 e. The van der Waals surface area contributed by atoms with Gasteiger partial charge >= 0.3 is 6.03 Å². The molecule has 0 spiro atoms. The lowest BCUT2D eigenvalue weighted by molar-refractivity contribution is -0.132. The molecule has 114 valence electrons. The monoisotopic (exact) mass is 298 g/mol. The van der Waals surface area contributed by atoms with Gasteiger partial charge in [0.15, 0.2) is 0 Å². The van der Waals surface area contributed by atoms with Crippen molar-refractivity contribution in [3.8, 4) is 0 Å².